The van der Waals surface area contributed by atoms with Gasteiger partial charge in [-0.25, -0.2) is 8.42 Å². The third-order valence-electron chi connectivity index (χ3n) is 2.52. The van der Waals surface area contributed by atoms with E-state index in [1.54, 1.807) is 0 Å². The van der Waals surface area contributed by atoms with Crippen LogP contribution in [0.5, 0.6) is 0 Å². The minimum absolute atomic E-state index is 0.0857. The van der Waals surface area contributed by atoms with Crippen LogP contribution in [0.25, 0.3) is 0 Å². The number of benzene rings is 2. The van der Waals surface area contributed by atoms with Crippen LogP contribution in [0, 0.1) is 5.41 Å². The van der Waals surface area contributed by atoms with E-state index in [2.05, 4.69) is 4.72 Å². The molecule has 0 amide bonds. The van der Waals surface area contributed by atoms with Crippen molar-refractivity contribution in [2.45, 2.75) is 4.90 Å². The molecule has 0 aliphatic carbocycles. The molecule has 0 radical (unpaired) electrons. The number of hydrogen-bond donors (Lipinski definition) is 2. The number of nitrogens with one attached hydrogen (secondary N) is 2. The van der Waals surface area contributed by atoms with Gasteiger partial charge in [0.1, 0.15) is 0 Å². The number of anilines is 1. The van der Waals surface area contributed by atoms with Gasteiger partial charge in [0.25, 0.3) is 10.0 Å². The monoisotopic (exact) mass is 309 g/mol. The number of halogens is 1. The van der Waals surface area contributed by atoms with Crippen molar-refractivity contribution in [2.75, 3.05) is 4.72 Å². The lowest BCUT2D eigenvalue weighted by molar-refractivity contribution is -0.214. The van der Waals surface area contributed by atoms with Crippen LogP contribution in [0.2, 0.25) is 5.02 Å². The Bertz CT molecular complexity index is 725. The summed E-state index contributed by atoms with van der Waals surface area (Å²) in [6.07, 6.45) is 0. The summed E-state index contributed by atoms with van der Waals surface area (Å²) in [5.41, 5.74) is 0.504. The number of sulfonamides is 1. The van der Waals surface area contributed by atoms with Crippen molar-refractivity contribution < 1.29 is 13.5 Å². The summed E-state index contributed by atoms with van der Waals surface area (Å²) in [4.78, 5) is 0.0857. The van der Waals surface area contributed by atoms with Crippen molar-refractivity contribution in [2.24, 2.45) is 0 Å². The first-order valence-electron chi connectivity index (χ1n) is 5.53. The summed E-state index contributed by atoms with van der Waals surface area (Å²) in [5.74, 6) is -0.822. The van der Waals surface area contributed by atoms with Crippen LogP contribution in [0.3, 0.4) is 0 Å². The molecule has 20 heavy (non-hydrogen) atoms. The molecule has 0 aromatic heterocycles. The standard InChI is InChI=1S/C13H11ClN2O3S/c14-10-3-7-12(8-4-10)20(18,19)16-11-5-1-9(2-6-11)13(15)17/h1-8,16H,(H2,15,17)/p-1. The van der Waals surface area contributed by atoms with Gasteiger partial charge in [-0.2, -0.15) is 0 Å². The highest BCUT2D eigenvalue weighted by molar-refractivity contribution is 7.92. The third-order valence-corrected chi connectivity index (χ3v) is 4.17. The quantitative estimate of drug-likeness (QED) is 0.666. The minimum Gasteiger partial charge on any atom is -0.859 e. The van der Waals surface area contributed by atoms with Crippen LogP contribution in [-0.4, -0.2) is 14.3 Å². The fourth-order valence-electron chi connectivity index (χ4n) is 1.52. The maximum Gasteiger partial charge on any atom is 0.261 e. The molecule has 2 aromatic rings. The summed E-state index contributed by atoms with van der Waals surface area (Å²) < 4.78 is 26.5. The molecule has 2 aromatic carbocycles. The van der Waals surface area contributed by atoms with Crippen molar-refractivity contribution in [3.8, 4) is 0 Å². The van der Waals surface area contributed by atoms with E-state index < -0.39 is 15.9 Å². The second-order valence-corrected chi connectivity index (χ2v) is 6.08. The molecule has 0 unspecified atom stereocenters. The first-order valence-corrected chi connectivity index (χ1v) is 7.39. The van der Waals surface area contributed by atoms with Crippen molar-refractivity contribution in [1.82, 2.24) is 0 Å². The van der Waals surface area contributed by atoms with E-state index in [9.17, 15) is 13.5 Å². The van der Waals surface area contributed by atoms with Gasteiger partial charge in [0.05, 0.1) is 4.90 Å². The molecule has 0 saturated carbocycles. The summed E-state index contributed by atoms with van der Waals surface area (Å²) in [5, 5.41) is 18.2. The average molecular weight is 310 g/mol. The Kier molecular flexibility index (Phi) is 3.96. The topological polar surface area (TPSA) is 93.1 Å². The van der Waals surface area contributed by atoms with Gasteiger partial charge >= 0.3 is 0 Å². The number of hydrogen-bond acceptors (Lipinski definition) is 4. The molecule has 0 aliphatic rings. The highest BCUT2D eigenvalue weighted by Gasteiger charge is 2.13. The highest BCUT2D eigenvalue weighted by atomic mass is 35.5. The van der Waals surface area contributed by atoms with Crippen LogP contribution in [-0.2, 0) is 10.0 Å². The highest BCUT2D eigenvalue weighted by Crippen LogP contribution is 2.18. The van der Waals surface area contributed by atoms with Crippen LogP contribution in [0.4, 0.5) is 5.69 Å². The van der Waals surface area contributed by atoms with Crippen LogP contribution in [0.1, 0.15) is 5.56 Å². The Morgan fingerprint density at radius 3 is 2.10 bits per heavy atom. The van der Waals surface area contributed by atoms with E-state index in [0.717, 1.165) is 0 Å². The molecular formula is C13H10ClN2O3S-. The number of rotatable bonds is 4. The van der Waals surface area contributed by atoms with E-state index in [1.807, 2.05) is 0 Å². The van der Waals surface area contributed by atoms with Crippen molar-refractivity contribution in [1.29, 1.82) is 5.41 Å². The molecule has 2 rings (SSSR count). The Hall–Kier alpha value is -2.05. The van der Waals surface area contributed by atoms with E-state index in [0.29, 0.717) is 10.7 Å². The van der Waals surface area contributed by atoms with Crippen molar-refractivity contribution >= 4 is 33.2 Å². The molecule has 0 heterocycles. The summed E-state index contributed by atoms with van der Waals surface area (Å²) >= 11 is 5.70. The summed E-state index contributed by atoms with van der Waals surface area (Å²) in [6.45, 7) is 0. The lowest BCUT2D eigenvalue weighted by Crippen LogP contribution is -2.17. The molecule has 5 nitrogen and oxygen atoms in total. The maximum atomic E-state index is 12.1. The largest absolute Gasteiger partial charge is 0.859 e. The zero-order valence-corrected chi connectivity index (χ0v) is 11.7. The second-order valence-electron chi connectivity index (χ2n) is 3.97. The molecular weight excluding hydrogens is 300 g/mol. The predicted octanol–water partition coefficient (Wildman–Crippen LogP) is 1.83. The Morgan fingerprint density at radius 1 is 1.05 bits per heavy atom. The smallest absolute Gasteiger partial charge is 0.261 e. The Balaban J connectivity index is 2.24. The second kappa shape index (κ2) is 5.52. The van der Waals surface area contributed by atoms with Gasteiger partial charge in [-0.3, -0.25) is 4.72 Å². The first kappa shape index (κ1) is 14.4. The first-order chi connectivity index (χ1) is 9.38. The molecule has 0 saturated heterocycles. The fraction of sp³-hybridized carbons (Fsp3) is 0. The molecule has 0 aliphatic heterocycles. The molecule has 0 fully saturated rings. The van der Waals surface area contributed by atoms with Gasteiger partial charge in [0.2, 0.25) is 0 Å². The molecule has 0 bridgehead atoms. The van der Waals surface area contributed by atoms with Crippen LogP contribution in [0.15, 0.2) is 53.4 Å². The van der Waals surface area contributed by atoms with Crippen LogP contribution < -0.4 is 9.83 Å². The van der Waals surface area contributed by atoms with E-state index in [4.69, 9.17) is 17.0 Å². The van der Waals surface area contributed by atoms with E-state index in [-0.39, 0.29) is 10.5 Å². The Labute approximate surface area is 121 Å². The average Bonchev–Trinajstić information content (AvgIpc) is 2.39. The van der Waals surface area contributed by atoms with Crippen molar-refractivity contribution in [3.05, 3.63) is 59.1 Å². The normalized spacial score (nSPS) is 11.1. The molecule has 2 N–H and O–H groups in total. The van der Waals surface area contributed by atoms with Gasteiger partial charge in [-0.15, -0.1) is 0 Å². The van der Waals surface area contributed by atoms with Gasteiger partial charge in [0.15, 0.2) is 0 Å². The van der Waals surface area contributed by atoms with Crippen molar-refractivity contribution in [3.63, 3.8) is 0 Å². The lowest BCUT2D eigenvalue weighted by atomic mass is 10.2. The predicted molar refractivity (Wildman–Crippen MR) is 75.5 cm³/mol. The Morgan fingerprint density at radius 2 is 1.60 bits per heavy atom. The van der Waals surface area contributed by atoms with Gasteiger partial charge in [0, 0.05) is 10.7 Å². The molecule has 7 heteroatoms. The summed E-state index contributed by atoms with van der Waals surface area (Å²) in [6, 6.07) is 11.4. The zero-order valence-electron chi connectivity index (χ0n) is 10.1. The molecule has 0 spiro atoms. The van der Waals surface area contributed by atoms with Gasteiger partial charge < -0.3 is 10.5 Å². The maximum absolute atomic E-state index is 12.1. The lowest BCUT2D eigenvalue weighted by Gasteiger charge is -2.10. The van der Waals surface area contributed by atoms with Crippen LogP contribution >= 0.6 is 11.6 Å². The SMILES string of the molecule is N=C([O-])c1ccc(NS(=O)(=O)c2ccc(Cl)cc2)cc1. The zero-order chi connectivity index (χ0) is 14.8. The van der Waals surface area contributed by atoms with Gasteiger partial charge in [-0.05, 0) is 47.9 Å². The fourth-order valence-corrected chi connectivity index (χ4v) is 2.70. The van der Waals surface area contributed by atoms with E-state index in [1.165, 1.54) is 48.5 Å². The minimum atomic E-state index is -3.70. The third kappa shape index (κ3) is 3.28. The molecule has 104 valence electrons. The van der Waals surface area contributed by atoms with E-state index >= 15 is 0 Å². The summed E-state index contributed by atoms with van der Waals surface area (Å²) in [7, 11) is -3.70. The van der Waals surface area contributed by atoms with Gasteiger partial charge in [-0.1, -0.05) is 23.7 Å². The molecule has 0 atom stereocenters.